The summed E-state index contributed by atoms with van der Waals surface area (Å²) in [6.45, 7) is 2.50. The van der Waals surface area contributed by atoms with Crippen LogP contribution in [-0.4, -0.2) is 11.7 Å². The third kappa shape index (κ3) is 3.42. The van der Waals surface area contributed by atoms with E-state index in [9.17, 15) is 9.50 Å². The molecule has 1 aromatic heterocycles. The maximum atomic E-state index is 13.1. The Hall–Kier alpha value is -0.750. The van der Waals surface area contributed by atoms with E-state index in [0.717, 1.165) is 5.56 Å². The van der Waals surface area contributed by atoms with Gasteiger partial charge in [-0.3, -0.25) is 0 Å². The van der Waals surface area contributed by atoms with E-state index in [0.29, 0.717) is 11.0 Å². The van der Waals surface area contributed by atoms with Crippen LogP contribution >= 0.6 is 27.3 Å². The van der Waals surface area contributed by atoms with E-state index < -0.39 is 5.54 Å². The summed E-state index contributed by atoms with van der Waals surface area (Å²) in [6, 6.07) is 8.54. The molecular formula is C14H15BrFNOS. The van der Waals surface area contributed by atoms with Crippen LogP contribution in [0.5, 0.6) is 0 Å². The predicted molar refractivity (Wildman–Crippen MR) is 79.7 cm³/mol. The number of thiophene rings is 1. The van der Waals surface area contributed by atoms with Crippen molar-refractivity contribution in [3.8, 4) is 0 Å². The Morgan fingerprint density at radius 2 is 2.21 bits per heavy atom. The van der Waals surface area contributed by atoms with Crippen molar-refractivity contribution in [3.63, 3.8) is 0 Å². The van der Waals surface area contributed by atoms with Gasteiger partial charge in [0.2, 0.25) is 0 Å². The van der Waals surface area contributed by atoms with Gasteiger partial charge in [0, 0.05) is 15.9 Å². The van der Waals surface area contributed by atoms with Gasteiger partial charge in [0.25, 0.3) is 0 Å². The van der Waals surface area contributed by atoms with Crippen molar-refractivity contribution >= 4 is 27.3 Å². The SMILES string of the molecule is CC(CO)(NCc1cccs1)c1ccc(F)cc1Br. The minimum atomic E-state index is -0.615. The highest BCUT2D eigenvalue weighted by atomic mass is 79.9. The molecule has 0 saturated heterocycles. The summed E-state index contributed by atoms with van der Waals surface area (Å²) < 4.78 is 13.8. The Bertz CT molecular complexity index is 546. The number of aliphatic hydroxyl groups excluding tert-OH is 1. The number of rotatable bonds is 5. The van der Waals surface area contributed by atoms with Gasteiger partial charge in [0.1, 0.15) is 5.82 Å². The topological polar surface area (TPSA) is 32.3 Å². The van der Waals surface area contributed by atoms with Gasteiger partial charge in [-0.2, -0.15) is 0 Å². The molecule has 0 aliphatic heterocycles. The number of aliphatic hydroxyl groups is 1. The molecule has 1 aromatic carbocycles. The molecule has 1 atom stereocenters. The Morgan fingerprint density at radius 3 is 2.79 bits per heavy atom. The molecule has 1 heterocycles. The minimum Gasteiger partial charge on any atom is -0.394 e. The van der Waals surface area contributed by atoms with Crippen LogP contribution in [0.1, 0.15) is 17.4 Å². The highest BCUT2D eigenvalue weighted by Gasteiger charge is 2.27. The molecule has 2 rings (SSSR count). The third-order valence-corrected chi connectivity index (χ3v) is 4.61. The molecule has 0 bridgehead atoms. The van der Waals surface area contributed by atoms with Gasteiger partial charge in [-0.15, -0.1) is 11.3 Å². The van der Waals surface area contributed by atoms with E-state index in [2.05, 4.69) is 21.2 Å². The Labute approximate surface area is 124 Å². The van der Waals surface area contributed by atoms with E-state index in [1.54, 1.807) is 17.4 Å². The number of halogens is 2. The first-order valence-corrected chi connectivity index (χ1v) is 7.56. The van der Waals surface area contributed by atoms with Crippen LogP contribution in [0.25, 0.3) is 0 Å². The first-order valence-electron chi connectivity index (χ1n) is 5.89. The van der Waals surface area contributed by atoms with Crippen LogP contribution in [0.3, 0.4) is 0 Å². The maximum absolute atomic E-state index is 13.1. The van der Waals surface area contributed by atoms with E-state index in [1.807, 2.05) is 24.4 Å². The van der Waals surface area contributed by atoms with Crippen LogP contribution in [0.4, 0.5) is 4.39 Å². The van der Waals surface area contributed by atoms with Crippen LogP contribution in [-0.2, 0) is 12.1 Å². The lowest BCUT2D eigenvalue weighted by molar-refractivity contribution is 0.173. The predicted octanol–water partition coefficient (Wildman–Crippen LogP) is 3.65. The molecule has 19 heavy (non-hydrogen) atoms. The summed E-state index contributed by atoms with van der Waals surface area (Å²) in [5.74, 6) is -0.297. The molecule has 0 aliphatic carbocycles. The van der Waals surface area contributed by atoms with E-state index in [-0.39, 0.29) is 12.4 Å². The van der Waals surface area contributed by atoms with E-state index >= 15 is 0 Å². The largest absolute Gasteiger partial charge is 0.394 e. The number of benzene rings is 1. The first kappa shape index (κ1) is 14.7. The molecule has 0 radical (unpaired) electrons. The van der Waals surface area contributed by atoms with Crippen LogP contribution in [0.2, 0.25) is 0 Å². The van der Waals surface area contributed by atoms with Gasteiger partial charge in [0.05, 0.1) is 12.1 Å². The molecule has 2 aromatic rings. The van der Waals surface area contributed by atoms with Crippen LogP contribution in [0, 0.1) is 5.82 Å². The molecule has 0 aliphatic rings. The molecular weight excluding hydrogens is 329 g/mol. The van der Waals surface area contributed by atoms with Crippen molar-refractivity contribution < 1.29 is 9.50 Å². The van der Waals surface area contributed by atoms with Crippen molar-refractivity contribution in [2.24, 2.45) is 0 Å². The molecule has 0 saturated carbocycles. The lowest BCUT2D eigenvalue weighted by Crippen LogP contribution is -2.42. The van der Waals surface area contributed by atoms with E-state index in [4.69, 9.17) is 0 Å². The fraction of sp³-hybridized carbons (Fsp3) is 0.286. The summed E-state index contributed by atoms with van der Waals surface area (Å²) in [7, 11) is 0. The molecule has 5 heteroatoms. The molecule has 0 amide bonds. The van der Waals surface area contributed by atoms with Gasteiger partial charge >= 0.3 is 0 Å². The summed E-state index contributed by atoms with van der Waals surface area (Å²) in [5, 5.41) is 15.0. The van der Waals surface area contributed by atoms with Crippen molar-refractivity contribution in [2.45, 2.75) is 19.0 Å². The monoisotopic (exact) mass is 343 g/mol. The number of hydrogen-bond donors (Lipinski definition) is 2. The highest BCUT2D eigenvalue weighted by Crippen LogP contribution is 2.29. The molecule has 2 nitrogen and oxygen atoms in total. The zero-order valence-electron chi connectivity index (χ0n) is 10.5. The first-order chi connectivity index (χ1) is 9.05. The summed E-state index contributed by atoms with van der Waals surface area (Å²) in [6.07, 6.45) is 0. The van der Waals surface area contributed by atoms with Gasteiger partial charge in [-0.05, 0) is 36.1 Å². The van der Waals surface area contributed by atoms with Crippen molar-refractivity contribution in [3.05, 3.63) is 56.4 Å². The Kier molecular flexibility index (Phi) is 4.73. The van der Waals surface area contributed by atoms with Gasteiger partial charge < -0.3 is 10.4 Å². The van der Waals surface area contributed by atoms with E-state index in [1.165, 1.54) is 17.0 Å². The summed E-state index contributed by atoms with van der Waals surface area (Å²) in [5.41, 5.74) is 0.226. The fourth-order valence-corrected chi connectivity index (χ4v) is 3.30. The fourth-order valence-electron chi connectivity index (χ4n) is 1.87. The van der Waals surface area contributed by atoms with Crippen LogP contribution in [0.15, 0.2) is 40.2 Å². The Morgan fingerprint density at radius 1 is 1.42 bits per heavy atom. The lowest BCUT2D eigenvalue weighted by Gasteiger charge is -2.30. The van der Waals surface area contributed by atoms with Crippen molar-refractivity contribution in [2.75, 3.05) is 6.61 Å². The summed E-state index contributed by atoms with van der Waals surface area (Å²) in [4.78, 5) is 1.19. The minimum absolute atomic E-state index is 0.0669. The normalized spacial score (nSPS) is 14.3. The molecule has 1 unspecified atom stereocenters. The molecule has 2 N–H and O–H groups in total. The standard InChI is InChI=1S/C14H15BrFNOS/c1-14(9-18,17-8-11-3-2-6-19-11)12-5-4-10(16)7-13(12)15/h2-7,17-18H,8-9H2,1H3. The van der Waals surface area contributed by atoms with Gasteiger partial charge in [-0.1, -0.05) is 28.1 Å². The highest BCUT2D eigenvalue weighted by molar-refractivity contribution is 9.10. The Balaban J connectivity index is 2.21. The zero-order valence-corrected chi connectivity index (χ0v) is 12.9. The maximum Gasteiger partial charge on any atom is 0.124 e. The quantitative estimate of drug-likeness (QED) is 0.868. The molecule has 0 spiro atoms. The van der Waals surface area contributed by atoms with Gasteiger partial charge in [0.15, 0.2) is 0 Å². The summed E-state index contributed by atoms with van der Waals surface area (Å²) >= 11 is 5.01. The van der Waals surface area contributed by atoms with Gasteiger partial charge in [-0.25, -0.2) is 4.39 Å². The number of nitrogens with one attached hydrogen (secondary N) is 1. The second-order valence-electron chi connectivity index (χ2n) is 4.55. The molecule has 0 fully saturated rings. The van der Waals surface area contributed by atoms with Crippen molar-refractivity contribution in [1.82, 2.24) is 5.32 Å². The average molecular weight is 344 g/mol. The van der Waals surface area contributed by atoms with Crippen LogP contribution < -0.4 is 5.32 Å². The molecule has 102 valence electrons. The smallest absolute Gasteiger partial charge is 0.124 e. The average Bonchev–Trinajstić information content (AvgIpc) is 2.89. The van der Waals surface area contributed by atoms with Crippen molar-refractivity contribution in [1.29, 1.82) is 0 Å². The zero-order chi connectivity index (χ0) is 13.9. The lowest BCUT2D eigenvalue weighted by atomic mass is 9.93. The second kappa shape index (κ2) is 6.13. The number of hydrogen-bond acceptors (Lipinski definition) is 3. The third-order valence-electron chi connectivity index (χ3n) is 3.07. The second-order valence-corrected chi connectivity index (χ2v) is 6.43.